The van der Waals surface area contributed by atoms with Gasteiger partial charge in [0, 0.05) is 28.2 Å². The molecule has 2 N–H and O–H groups in total. The summed E-state index contributed by atoms with van der Waals surface area (Å²) in [5.74, 6) is 0.803. The molecule has 1 fully saturated rings. The summed E-state index contributed by atoms with van der Waals surface area (Å²) < 4.78 is 5.24. The van der Waals surface area contributed by atoms with Crippen molar-refractivity contribution in [3.05, 3.63) is 69.5 Å². The Kier molecular flexibility index (Phi) is 6.28. The Morgan fingerprint density at radius 1 is 1.16 bits per heavy atom. The fourth-order valence-corrected chi connectivity index (χ4v) is 4.80. The van der Waals surface area contributed by atoms with E-state index in [0.717, 1.165) is 46.3 Å². The number of hydrogen-bond acceptors (Lipinski definition) is 3. The Balaban J connectivity index is 1.63. The van der Waals surface area contributed by atoms with E-state index in [1.807, 2.05) is 43.3 Å². The summed E-state index contributed by atoms with van der Waals surface area (Å²) >= 11 is 5.81. The van der Waals surface area contributed by atoms with E-state index < -0.39 is 0 Å². The van der Waals surface area contributed by atoms with E-state index >= 15 is 0 Å². The molecule has 0 radical (unpaired) electrons. The van der Waals surface area contributed by atoms with Gasteiger partial charge in [-0.05, 0) is 86.4 Å². The predicted molar refractivity (Wildman–Crippen MR) is 131 cm³/mol. The van der Waals surface area contributed by atoms with Crippen LogP contribution in [0.15, 0.2) is 47.3 Å². The third-order valence-electron chi connectivity index (χ3n) is 6.10. The van der Waals surface area contributed by atoms with Crippen LogP contribution in [0.5, 0.6) is 5.75 Å². The maximum Gasteiger partial charge on any atom is 0.253 e. The van der Waals surface area contributed by atoms with Crippen molar-refractivity contribution >= 4 is 33.9 Å². The van der Waals surface area contributed by atoms with Crippen LogP contribution >= 0.6 is 12.2 Å². The van der Waals surface area contributed by atoms with Crippen molar-refractivity contribution in [1.29, 1.82) is 0 Å². The quantitative estimate of drug-likeness (QED) is 0.533. The first-order valence-corrected chi connectivity index (χ1v) is 11.2. The lowest BCUT2D eigenvalue weighted by atomic mass is 10.0. The van der Waals surface area contributed by atoms with Crippen LogP contribution in [-0.4, -0.2) is 28.1 Å². The zero-order chi connectivity index (χ0) is 22.0. The second-order valence-corrected chi connectivity index (χ2v) is 8.78. The molecule has 0 aliphatic heterocycles. The number of nitrogens with zero attached hydrogens (tertiary/aromatic N) is 1. The van der Waals surface area contributed by atoms with E-state index in [4.69, 9.17) is 17.0 Å². The number of hydrogen-bond donors (Lipinski definition) is 2. The number of aromatic amines is 1. The minimum Gasteiger partial charge on any atom is -0.497 e. The van der Waals surface area contributed by atoms with Gasteiger partial charge < -0.3 is 19.9 Å². The van der Waals surface area contributed by atoms with E-state index in [1.54, 1.807) is 7.11 Å². The van der Waals surface area contributed by atoms with Crippen LogP contribution in [0.25, 0.3) is 10.9 Å². The molecular weight excluding hydrogens is 406 g/mol. The Bertz CT molecular complexity index is 1150. The fourth-order valence-electron chi connectivity index (χ4n) is 4.47. The highest BCUT2D eigenvalue weighted by Gasteiger charge is 2.26. The number of H-pyrrole nitrogens is 1. The average Bonchev–Trinajstić information content (AvgIpc) is 3.27. The van der Waals surface area contributed by atoms with Crippen molar-refractivity contribution < 1.29 is 4.74 Å². The third-order valence-corrected chi connectivity index (χ3v) is 6.43. The Hall–Kier alpha value is -2.86. The van der Waals surface area contributed by atoms with Gasteiger partial charge in [-0.1, -0.05) is 18.9 Å². The first-order chi connectivity index (χ1) is 14.9. The number of benzene rings is 2. The van der Waals surface area contributed by atoms with Gasteiger partial charge in [0.25, 0.3) is 5.56 Å². The van der Waals surface area contributed by atoms with E-state index in [9.17, 15) is 4.79 Å². The second-order valence-electron chi connectivity index (χ2n) is 8.39. The number of aryl methyl sites for hydroxylation is 2. The van der Waals surface area contributed by atoms with Gasteiger partial charge in [-0.25, -0.2) is 0 Å². The van der Waals surface area contributed by atoms with Gasteiger partial charge in [0.15, 0.2) is 5.11 Å². The normalized spacial score (nSPS) is 14.0. The smallest absolute Gasteiger partial charge is 0.253 e. The van der Waals surface area contributed by atoms with Crippen LogP contribution < -0.4 is 15.6 Å². The molecule has 0 unspecified atom stereocenters. The minimum atomic E-state index is -0.0484. The van der Waals surface area contributed by atoms with Gasteiger partial charge in [0.1, 0.15) is 5.75 Å². The molecule has 1 aliphatic rings. The number of aromatic nitrogens is 1. The van der Waals surface area contributed by atoms with Crippen LogP contribution in [0, 0.1) is 13.8 Å². The molecule has 0 saturated heterocycles. The standard InChI is InChI=1S/C25H29N3O2S/c1-16-12-17(2)22-14-18(24(29)27-23(22)13-16)15-28(20-6-4-5-7-20)25(31)26-19-8-10-21(30-3)11-9-19/h8-14,20H,4-7,15H2,1-3H3,(H,26,31)(H,27,29). The zero-order valence-corrected chi connectivity index (χ0v) is 19.1. The average molecular weight is 436 g/mol. The first-order valence-electron chi connectivity index (χ1n) is 10.8. The molecule has 0 spiro atoms. The van der Waals surface area contributed by atoms with Crippen molar-refractivity contribution in [1.82, 2.24) is 9.88 Å². The van der Waals surface area contributed by atoms with Crippen molar-refractivity contribution in [2.24, 2.45) is 0 Å². The number of pyridine rings is 1. The number of nitrogens with one attached hydrogen (secondary N) is 2. The molecule has 1 aliphatic carbocycles. The van der Waals surface area contributed by atoms with Crippen molar-refractivity contribution in [3.63, 3.8) is 0 Å². The molecule has 1 aromatic heterocycles. The Morgan fingerprint density at radius 2 is 1.87 bits per heavy atom. The summed E-state index contributed by atoms with van der Waals surface area (Å²) in [4.78, 5) is 18.2. The van der Waals surface area contributed by atoms with Gasteiger partial charge >= 0.3 is 0 Å². The van der Waals surface area contributed by atoms with Gasteiger partial charge in [-0.2, -0.15) is 0 Å². The Morgan fingerprint density at radius 3 is 2.55 bits per heavy atom. The molecule has 6 heteroatoms. The number of methoxy groups -OCH3 is 1. The molecular formula is C25H29N3O2S. The van der Waals surface area contributed by atoms with Gasteiger partial charge in [0.2, 0.25) is 0 Å². The lowest BCUT2D eigenvalue weighted by molar-refractivity contribution is 0.311. The SMILES string of the molecule is COc1ccc(NC(=S)N(Cc2cc3c(C)cc(C)cc3[nH]c2=O)C2CCCC2)cc1. The highest BCUT2D eigenvalue weighted by molar-refractivity contribution is 7.80. The maximum absolute atomic E-state index is 12.9. The van der Waals surface area contributed by atoms with Crippen LogP contribution in [0.2, 0.25) is 0 Å². The number of fused-ring (bicyclic) bond motifs is 1. The highest BCUT2D eigenvalue weighted by atomic mass is 32.1. The number of ether oxygens (including phenoxy) is 1. The molecule has 162 valence electrons. The molecule has 1 heterocycles. The maximum atomic E-state index is 12.9. The number of rotatable bonds is 5. The summed E-state index contributed by atoms with van der Waals surface area (Å²) in [7, 11) is 1.65. The van der Waals surface area contributed by atoms with Crippen molar-refractivity contribution in [2.45, 2.75) is 52.1 Å². The van der Waals surface area contributed by atoms with Gasteiger partial charge in [0.05, 0.1) is 13.7 Å². The van der Waals surface area contributed by atoms with Crippen LogP contribution in [0.3, 0.4) is 0 Å². The minimum absolute atomic E-state index is 0.0484. The molecule has 0 amide bonds. The Labute approximate surface area is 188 Å². The molecule has 0 atom stereocenters. The first kappa shape index (κ1) is 21.4. The summed E-state index contributed by atoms with van der Waals surface area (Å²) in [6.07, 6.45) is 4.57. The largest absolute Gasteiger partial charge is 0.497 e. The number of thiocarbonyl (C=S) groups is 1. The third kappa shape index (κ3) is 4.74. The van der Waals surface area contributed by atoms with E-state index in [0.29, 0.717) is 17.7 Å². The topological polar surface area (TPSA) is 57.4 Å². The van der Waals surface area contributed by atoms with Crippen molar-refractivity contribution in [3.8, 4) is 5.75 Å². The lowest BCUT2D eigenvalue weighted by Crippen LogP contribution is -2.42. The van der Waals surface area contributed by atoms with Crippen LogP contribution in [0.1, 0.15) is 42.4 Å². The van der Waals surface area contributed by atoms with Crippen molar-refractivity contribution in [2.75, 3.05) is 12.4 Å². The zero-order valence-electron chi connectivity index (χ0n) is 18.3. The van der Waals surface area contributed by atoms with Gasteiger partial charge in [-0.3, -0.25) is 4.79 Å². The van der Waals surface area contributed by atoms with Gasteiger partial charge in [-0.15, -0.1) is 0 Å². The summed E-state index contributed by atoms with van der Waals surface area (Å²) in [5, 5.41) is 5.09. The molecule has 4 rings (SSSR count). The summed E-state index contributed by atoms with van der Waals surface area (Å²) in [5.41, 5.74) is 4.80. The molecule has 5 nitrogen and oxygen atoms in total. The molecule has 0 bridgehead atoms. The summed E-state index contributed by atoms with van der Waals surface area (Å²) in [6, 6.07) is 14.3. The van der Waals surface area contributed by atoms with E-state index in [-0.39, 0.29) is 5.56 Å². The van der Waals surface area contributed by atoms with Crippen LogP contribution in [0.4, 0.5) is 5.69 Å². The van der Waals surface area contributed by atoms with Crippen LogP contribution in [-0.2, 0) is 6.54 Å². The molecule has 31 heavy (non-hydrogen) atoms. The number of anilines is 1. The molecule has 3 aromatic rings. The second kappa shape index (κ2) is 9.10. The predicted octanol–water partition coefficient (Wildman–Crippen LogP) is 5.30. The summed E-state index contributed by atoms with van der Waals surface area (Å²) in [6.45, 7) is 4.62. The fraction of sp³-hybridized carbons (Fsp3) is 0.360. The van der Waals surface area contributed by atoms with E-state index in [1.165, 1.54) is 18.4 Å². The lowest BCUT2D eigenvalue weighted by Gasteiger charge is -2.31. The van der Waals surface area contributed by atoms with E-state index in [2.05, 4.69) is 28.2 Å². The monoisotopic (exact) mass is 435 g/mol. The highest BCUT2D eigenvalue weighted by Crippen LogP contribution is 2.27. The molecule has 1 saturated carbocycles. The molecule has 2 aromatic carbocycles.